The van der Waals surface area contributed by atoms with Crippen molar-refractivity contribution in [1.29, 1.82) is 0 Å². The van der Waals surface area contributed by atoms with Crippen LogP contribution in [0.25, 0.3) is 0 Å². The van der Waals surface area contributed by atoms with Crippen LogP contribution in [-0.4, -0.2) is 35.3 Å². The fourth-order valence-corrected chi connectivity index (χ4v) is 2.02. The van der Waals surface area contributed by atoms with Crippen LogP contribution in [0, 0.1) is 5.92 Å². The number of anilines is 1. The van der Waals surface area contributed by atoms with E-state index < -0.39 is 0 Å². The Balaban J connectivity index is 1.88. The zero-order valence-corrected chi connectivity index (χ0v) is 11.2. The molecule has 0 aromatic carbocycles. The topological polar surface area (TPSA) is 56.3 Å². The molecule has 2 unspecified atom stereocenters. The van der Waals surface area contributed by atoms with Crippen LogP contribution in [0.1, 0.15) is 27.2 Å². The Morgan fingerprint density at radius 1 is 1.50 bits per heavy atom. The first kappa shape index (κ1) is 13.1. The monoisotopic (exact) mass is 251 g/mol. The van der Waals surface area contributed by atoms with Crippen LogP contribution in [0.15, 0.2) is 12.4 Å². The van der Waals surface area contributed by atoms with Gasteiger partial charge in [-0.05, 0) is 27.2 Å². The molecule has 2 atom stereocenters. The molecule has 18 heavy (non-hydrogen) atoms. The summed E-state index contributed by atoms with van der Waals surface area (Å²) in [6.07, 6.45) is 3.07. The average molecular weight is 251 g/mol. The fraction of sp³-hybridized carbons (Fsp3) is 0.692. The lowest BCUT2D eigenvalue weighted by Gasteiger charge is -2.15. The van der Waals surface area contributed by atoms with Crippen molar-refractivity contribution in [3.63, 3.8) is 0 Å². The molecule has 2 rings (SSSR count). The summed E-state index contributed by atoms with van der Waals surface area (Å²) in [5, 5.41) is 3.32. The molecule has 1 saturated heterocycles. The summed E-state index contributed by atoms with van der Waals surface area (Å²) in [6.45, 7) is 7.81. The first-order chi connectivity index (χ1) is 8.65. The molecule has 2 heterocycles. The zero-order chi connectivity index (χ0) is 13.0. The van der Waals surface area contributed by atoms with Gasteiger partial charge < -0.3 is 14.8 Å². The van der Waals surface area contributed by atoms with E-state index in [0.717, 1.165) is 25.4 Å². The van der Waals surface area contributed by atoms with Gasteiger partial charge in [0.1, 0.15) is 12.1 Å². The van der Waals surface area contributed by atoms with Gasteiger partial charge in [0, 0.05) is 25.1 Å². The molecule has 1 aliphatic rings. The molecule has 1 N–H and O–H groups in total. The smallest absolute Gasteiger partial charge is 0.218 e. The second-order valence-electron chi connectivity index (χ2n) is 4.91. The van der Waals surface area contributed by atoms with Gasteiger partial charge in [-0.3, -0.25) is 0 Å². The van der Waals surface area contributed by atoms with E-state index in [1.54, 1.807) is 0 Å². The van der Waals surface area contributed by atoms with E-state index in [2.05, 4.69) is 22.2 Å². The third-order valence-corrected chi connectivity index (χ3v) is 3.08. The molecule has 100 valence electrons. The van der Waals surface area contributed by atoms with E-state index in [4.69, 9.17) is 9.47 Å². The highest BCUT2D eigenvalue weighted by atomic mass is 16.5. The van der Waals surface area contributed by atoms with Gasteiger partial charge in [0.05, 0.1) is 12.2 Å². The van der Waals surface area contributed by atoms with Crippen LogP contribution in [0.4, 0.5) is 5.82 Å². The van der Waals surface area contributed by atoms with Crippen molar-refractivity contribution in [3.05, 3.63) is 12.4 Å². The van der Waals surface area contributed by atoms with Crippen LogP contribution >= 0.6 is 0 Å². The Hall–Kier alpha value is -1.36. The summed E-state index contributed by atoms with van der Waals surface area (Å²) in [4.78, 5) is 8.27. The largest absolute Gasteiger partial charge is 0.475 e. The predicted molar refractivity (Wildman–Crippen MR) is 69.8 cm³/mol. The molecule has 5 heteroatoms. The molecular weight excluding hydrogens is 230 g/mol. The standard InChI is InChI=1S/C13H21N3O2/c1-9(2)18-13-6-12(15-8-16-13)14-7-11-4-5-17-10(11)3/h6,8-11H,4-5,7H2,1-3H3,(H,14,15,16). The Bertz CT molecular complexity index is 384. The number of nitrogens with zero attached hydrogens (tertiary/aromatic N) is 2. The molecule has 1 aromatic heterocycles. The van der Waals surface area contributed by atoms with Crippen LogP contribution in [-0.2, 0) is 4.74 Å². The van der Waals surface area contributed by atoms with E-state index in [1.165, 1.54) is 6.33 Å². The normalized spacial score (nSPS) is 23.3. The summed E-state index contributed by atoms with van der Waals surface area (Å²) >= 11 is 0. The van der Waals surface area contributed by atoms with Crippen molar-refractivity contribution in [1.82, 2.24) is 9.97 Å². The summed E-state index contributed by atoms with van der Waals surface area (Å²) < 4.78 is 11.1. The predicted octanol–water partition coefficient (Wildman–Crippen LogP) is 2.10. The van der Waals surface area contributed by atoms with Crippen molar-refractivity contribution in [2.45, 2.75) is 39.4 Å². The molecule has 0 amide bonds. The maximum Gasteiger partial charge on any atom is 0.218 e. The molecule has 1 aromatic rings. The molecule has 5 nitrogen and oxygen atoms in total. The highest BCUT2D eigenvalue weighted by molar-refractivity contribution is 5.37. The fourth-order valence-electron chi connectivity index (χ4n) is 2.02. The lowest BCUT2D eigenvalue weighted by molar-refractivity contribution is 0.108. The average Bonchev–Trinajstić information content (AvgIpc) is 2.72. The highest BCUT2D eigenvalue weighted by Gasteiger charge is 2.23. The molecule has 0 bridgehead atoms. The number of hydrogen-bond acceptors (Lipinski definition) is 5. The van der Waals surface area contributed by atoms with Crippen molar-refractivity contribution >= 4 is 5.82 Å². The van der Waals surface area contributed by atoms with Crippen molar-refractivity contribution in [3.8, 4) is 5.88 Å². The van der Waals surface area contributed by atoms with Crippen molar-refractivity contribution in [2.75, 3.05) is 18.5 Å². The maximum absolute atomic E-state index is 5.53. The van der Waals surface area contributed by atoms with Crippen molar-refractivity contribution in [2.24, 2.45) is 5.92 Å². The lowest BCUT2D eigenvalue weighted by Crippen LogP contribution is -2.21. The highest BCUT2D eigenvalue weighted by Crippen LogP contribution is 2.21. The van der Waals surface area contributed by atoms with Gasteiger partial charge >= 0.3 is 0 Å². The van der Waals surface area contributed by atoms with E-state index >= 15 is 0 Å². The number of aromatic nitrogens is 2. The minimum atomic E-state index is 0.121. The zero-order valence-electron chi connectivity index (χ0n) is 11.2. The third kappa shape index (κ3) is 3.57. The summed E-state index contributed by atoms with van der Waals surface area (Å²) in [6, 6.07) is 1.83. The van der Waals surface area contributed by atoms with E-state index in [9.17, 15) is 0 Å². The van der Waals surface area contributed by atoms with Gasteiger partial charge in [0.2, 0.25) is 5.88 Å². The van der Waals surface area contributed by atoms with Crippen LogP contribution in [0.3, 0.4) is 0 Å². The molecule has 0 saturated carbocycles. The summed E-state index contributed by atoms with van der Waals surface area (Å²) in [5.74, 6) is 1.97. The minimum Gasteiger partial charge on any atom is -0.475 e. The Kier molecular flexibility index (Phi) is 4.36. The van der Waals surface area contributed by atoms with Gasteiger partial charge in [-0.15, -0.1) is 0 Å². The Morgan fingerprint density at radius 2 is 2.33 bits per heavy atom. The van der Waals surface area contributed by atoms with Crippen LogP contribution < -0.4 is 10.1 Å². The summed E-state index contributed by atoms with van der Waals surface area (Å²) in [5.41, 5.74) is 0. The van der Waals surface area contributed by atoms with Gasteiger partial charge in [0.15, 0.2) is 0 Å². The Morgan fingerprint density at radius 3 is 3.00 bits per heavy atom. The number of nitrogens with one attached hydrogen (secondary N) is 1. The second kappa shape index (κ2) is 6.00. The van der Waals surface area contributed by atoms with Gasteiger partial charge in [-0.25, -0.2) is 9.97 Å². The minimum absolute atomic E-state index is 0.121. The van der Waals surface area contributed by atoms with Crippen molar-refractivity contribution < 1.29 is 9.47 Å². The van der Waals surface area contributed by atoms with Gasteiger partial charge in [-0.2, -0.15) is 0 Å². The number of ether oxygens (including phenoxy) is 2. The molecule has 1 fully saturated rings. The second-order valence-corrected chi connectivity index (χ2v) is 4.91. The van der Waals surface area contributed by atoms with E-state index in [0.29, 0.717) is 17.9 Å². The number of hydrogen-bond donors (Lipinski definition) is 1. The van der Waals surface area contributed by atoms with Crippen LogP contribution in [0.2, 0.25) is 0 Å². The molecule has 1 aliphatic heterocycles. The van der Waals surface area contributed by atoms with Gasteiger partial charge in [-0.1, -0.05) is 0 Å². The van der Waals surface area contributed by atoms with E-state index in [1.807, 2.05) is 19.9 Å². The Labute approximate surface area is 108 Å². The maximum atomic E-state index is 5.53. The molecule has 0 aliphatic carbocycles. The van der Waals surface area contributed by atoms with E-state index in [-0.39, 0.29) is 6.10 Å². The first-order valence-electron chi connectivity index (χ1n) is 6.49. The quantitative estimate of drug-likeness (QED) is 0.868. The molecular formula is C13H21N3O2. The lowest BCUT2D eigenvalue weighted by atomic mass is 10.0. The SMILES string of the molecule is CC(C)Oc1cc(NCC2CCOC2C)ncn1. The van der Waals surface area contributed by atoms with Crippen LogP contribution in [0.5, 0.6) is 5.88 Å². The third-order valence-electron chi connectivity index (χ3n) is 3.08. The summed E-state index contributed by atoms with van der Waals surface area (Å²) in [7, 11) is 0. The molecule has 0 spiro atoms. The van der Waals surface area contributed by atoms with Gasteiger partial charge in [0.25, 0.3) is 0 Å². The first-order valence-corrected chi connectivity index (χ1v) is 6.49. The number of rotatable bonds is 5. The molecule has 0 radical (unpaired) electrons.